The Hall–Kier alpha value is -2.59. The van der Waals surface area contributed by atoms with Crippen LogP contribution in [0.2, 0.25) is 0 Å². The zero-order valence-electron chi connectivity index (χ0n) is 10.7. The van der Waals surface area contributed by atoms with Gasteiger partial charge in [-0.3, -0.25) is 0 Å². The van der Waals surface area contributed by atoms with Crippen molar-refractivity contribution in [1.82, 2.24) is 10.2 Å². The minimum Gasteiger partial charge on any atom is -0.369 e. The van der Waals surface area contributed by atoms with Crippen LogP contribution in [0.4, 0.5) is 5.69 Å². The topological polar surface area (TPSA) is 61.6 Å². The molecular formula is C15H14N4. The molecule has 0 fully saturated rings. The molecule has 0 aliphatic heterocycles. The Bertz CT molecular complexity index is 664. The maximum absolute atomic E-state index is 9.15. The van der Waals surface area contributed by atoms with Gasteiger partial charge in [0.1, 0.15) is 6.07 Å². The van der Waals surface area contributed by atoms with Crippen LogP contribution in [0.15, 0.2) is 24.3 Å². The van der Waals surface area contributed by atoms with E-state index in [2.05, 4.69) is 34.4 Å². The van der Waals surface area contributed by atoms with Gasteiger partial charge in [0.05, 0.1) is 17.2 Å². The van der Waals surface area contributed by atoms with Crippen LogP contribution in [0.3, 0.4) is 0 Å². The van der Waals surface area contributed by atoms with Crippen LogP contribution in [-0.4, -0.2) is 16.2 Å². The van der Waals surface area contributed by atoms with Crippen LogP contribution in [0.1, 0.15) is 25.5 Å². The van der Waals surface area contributed by atoms with Crippen molar-refractivity contribution in [3.8, 4) is 18.4 Å². The van der Waals surface area contributed by atoms with Gasteiger partial charge in [-0.15, -0.1) is 16.6 Å². The Morgan fingerprint density at radius 2 is 2.16 bits per heavy atom. The van der Waals surface area contributed by atoms with Crippen LogP contribution in [0.25, 0.3) is 10.9 Å². The summed E-state index contributed by atoms with van der Waals surface area (Å²) < 4.78 is 0. The van der Waals surface area contributed by atoms with E-state index in [0.717, 1.165) is 23.7 Å². The number of fused-ring (bicyclic) bond motifs is 1. The largest absolute Gasteiger partial charge is 0.369 e. The first-order valence-corrected chi connectivity index (χ1v) is 6.18. The predicted octanol–water partition coefficient (Wildman–Crippen LogP) is 2.72. The number of hydrogen-bond acceptors (Lipinski definition) is 4. The number of aromatic nitrogens is 2. The van der Waals surface area contributed by atoms with Gasteiger partial charge in [-0.05, 0) is 12.5 Å². The van der Waals surface area contributed by atoms with Gasteiger partial charge in [-0.1, -0.05) is 37.5 Å². The summed E-state index contributed by atoms with van der Waals surface area (Å²) in [6.45, 7) is 2.07. The molecule has 1 aromatic carbocycles. The molecule has 1 aromatic heterocycles. The molecule has 0 radical (unpaired) electrons. The monoisotopic (exact) mass is 250 g/mol. The molecule has 0 bridgehead atoms. The summed E-state index contributed by atoms with van der Waals surface area (Å²) in [5, 5.41) is 21.2. The molecule has 4 heteroatoms. The molecule has 1 atom stereocenters. The number of hydrogen-bond donors (Lipinski definition) is 1. The van der Waals surface area contributed by atoms with Crippen molar-refractivity contribution in [1.29, 1.82) is 5.26 Å². The SMILES string of the molecule is C#CC(CCC)Nc1c(C#N)nnc2ccccc12. The minimum absolute atomic E-state index is 0.107. The number of terminal acetylenes is 1. The quantitative estimate of drug-likeness (QED) is 0.847. The average Bonchev–Trinajstić information content (AvgIpc) is 2.46. The first-order chi connectivity index (χ1) is 9.30. The summed E-state index contributed by atoms with van der Waals surface area (Å²) in [6, 6.07) is 9.51. The Balaban J connectivity index is 2.51. The first kappa shape index (κ1) is 12.9. The summed E-state index contributed by atoms with van der Waals surface area (Å²) >= 11 is 0. The molecule has 19 heavy (non-hydrogen) atoms. The second kappa shape index (κ2) is 5.84. The maximum Gasteiger partial charge on any atom is 0.186 e. The van der Waals surface area contributed by atoms with E-state index in [9.17, 15) is 0 Å². The molecule has 1 N–H and O–H groups in total. The molecular weight excluding hydrogens is 236 g/mol. The van der Waals surface area contributed by atoms with Gasteiger partial charge in [0.2, 0.25) is 0 Å². The number of rotatable bonds is 4. The first-order valence-electron chi connectivity index (χ1n) is 6.18. The Morgan fingerprint density at radius 1 is 1.37 bits per heavy atom. The third-order valence-electron chi connectivity index (χ3n) is 2.87. The number of anilines is 1. The minimum atomic E-state index is -0.107. The third-order valence-corrected chi connectivity index (χ3v) is 2.87. The van der Waals surface area contributed by atoms with E-state index in [1.54, 1.807) is 0 Å². The summed E-state index contributed by atoms with van der Waals surface area (Å²) in [7, 11) is 0. The highest BCUT2D eigenvalue weighted by Crippen LogP contribution is 2.24. The molecule has 4 nitrogen and oxygen atoms in total. The fourth-order valence-corrected chi connectivity index (χ4v) is 1.94. The van der Waals surface area contributed by atoms with Gasteiger partial charge in [0, 0.05) is 5.39 Å². The van der Waals surface area contributed by atoms with E-state index >= 15 is 0 Å². The normalized spacial score (nSPS) is 11.5. The predicted molar refractivity (Wildman–Crippen MR) is 75.4 cm³/mol. The second-order valence-corrected chi connectivity index (χ2v) is 4.20. The highest BCUT2D eigenvalue weighted by atomic mass is 15.1. The molecule has 1 unspecified atom stereocenters. The van der Waals surface area contributed by atoms with E-state index in [-0.39, 0.29) is 11.7 Å². The van der Waals surface area contributed by atoms with Crippen LogP contribution in [0, 0.1) is 23.7 Å². The van der Waals surface area contributed by atoms with Gasteiger partial charge in [-0.2, -0.15) is 5.26 Å². The lowest BCUT2D eigenvalue weighted by atomic mass is 10.1. The molecule has 0 saturated heterocycles. The summed E-state index contributed by atoms with van der Waals surface area (Å²) in [4.78, 5) is 0. The highest BCUT2D eigenvalue weighted by molar-refractivity contribution is 5.93. The molecule has 0 aliphatic rings. The molecule has 2 aromatic rings. The lowest BCUT2D eigenvalue weighted by molar-refractivity contribution is 0.755. The Morgan fingerprint density at radius 3 is 2.84 bits per heavy atom. The molecule has 0 spiro atoms. The van der Waals surface area contributed by atoms with Gasteiger partial charge in [-0.25, -0.2) is 0 Å². The van der Waals surface area contributed by atoms with Crippen molar-refractivity contribution in [2.45, 2.75) is 25.8 Å². The van der Waals surface area contributed by atoms with Gasteiger partial charge < -0.3 is 5.32 Å². The number of nitrogens with zero attached hydrogens (tertiary/aromatic N) is 3. The smallest absolute Gasteiger partial charge is 0.186 e. The molecule has 0 amide bonds. The summed E-state index contributed by atoms with van der Waals surface area (Å²) in [5.41, 5.74) is 1.69. The fraction of sp³-hybridized carbons (Fsp3) is 0.267. The second-order valence-electron chi connectivity index (χ2n) is 4.20. The van der Waals surface area contributed by atoms with E-state index in [1.165, 1.54) is 0 Å². The molecule has 1 heterocycles. The van der Waals surface area contributed by atoms with E-state index in [1.807, 2.05) is 24.3 Å². The molecule has 94 valence electrons. The standard InChI is InChI=1S/C15H14N4/c1-3-7-11(4-2)17-15-12-8-5-6-9-13(12)18-19-14(15)10-16/h2,5-6,8-9,11H,3,7H2,1H3,(H,17,18). The van der Waals surface area contributed by atoms with E-state index in [4.69, 9.17) is 11.7 Å². The summed E-state index contributed by atoms with van der Waals surface area (Å²) in [6.07, 6.45) is 7.33. The van der Waals surface area contributed by atoms with Gasteiger partial charge in [0.25, 0.3) is 0 Å². The van der Waals surface area contributed by atoms with Crippen LogP contribution in [0.5, 0.6) is 0 Å². The molecule has 0 aliphatic carbocycles. The average molecular weight is 250 g/mol. The number of benzene rings is 1. The van der Waals surface area contributed by atoms with Crippen LogP contribution in [-0.2, 0) is 0 Å². The zero-order valence-corrected chi connectivity index (χ0v) is 10.7. The summed E-state index contributed by atoms with van der Waals surface area (Å²) in [5.74, 6) is 2.70. The van der Waals surface area contributed by atoms with Crippen molar-refractivity contribution in [2.24, 2.45) is 0 Å². The number of nitrogens with one attached hydrogen (secondary N) is 1. The zero-order chi connectivity index (χ0) is 13.7. The number of nitriles is 1. The van der Waals surface area contributed by atoms with Gasteiger partial charge >= 0.3 is 0 Å². The third kappa shape index (κ3) is 2.64. The fourth-order valence-electron chi connectivity index (χ4n) is 1.94. The molecule has 2 rings (SSSR count). The van der Waals surface area contributed by atoms with Crippen molar-refractivity contribution in [3.63, 3.8) is 0 Å². The van der Waals surface area contributed by atoms with Crippen LogP contribution < -0.4 is 5.32 Å². The lowest BCUT2D eigenvalue weighted by Gasteiger charge is -2.15. The Labute approximate surface area is 112 Å². The van der Waals surface area contributed by atoms with Crippen molar-refractivity contribution in [3.05, 3.63) is 30.0 Å². The van der Waals surface area contributed by atoms with E-state index < -0.39 is 0 Å². The van der Waals surface area contributed by atoms with Gasteiger partial charge in [0.15, 0.2) is 5.69 Å². The highest BCUT2D eigenvalue weighted by Gasteiger charge is 2.13. The molecule has 0 saturated carbocycles. The van der Waals surface area contributed by atoms with E-state index in [0.29, 0.717) is 5.69 Å². The van der Waals surface area contributed by atoms with Crippen molar-refractivity contribution >= 4 is 16.6 Å². The van der Waals surface area contributed by atoms with Crippen molar-refractivity contribution in [2.75, 3.05) is 5.32 Å². The van der Waals surface area contributed by atoms with Crippen molar-refractivity contribution < 1.29 is 0 Å². The Kier molecular flexibility index (Phi) is 3.95. The van der Waals surface area contributed by atoms with Crippen LogP contribution >= 0.6 is 0 Å². The lowest BCUT2D eigenvalue weighted by Crippen LogP contribution is -2.18. The maximum atomic E-state index is 9.15.